The summed E-state index contributed by atoms with van der Waals surface area (Å²) in [4.78, 5) is 35.0. The van der Waals surface area contributed by atoms with Crippen molar-refractivity contribution in [2.75, 3.05) is 38.3 Å². The van der Waals surface area contributed by atoms with Crippen LogP contribution in [-0.4, -0.2) is 59.2 Å². The molecule has 0 spiro atoms. The number of para-hydroxylation sites is 2. The topological polar surface area (TPSA) is 67.7 Å². The van der Waals surface area contributed by atoms with Crippen LogP contribution < -0.4 is 10.5 Å². The zero-order valence-corrected chi connectivity index (χ0v) is 20.4. The number of piperidine rings is 1. The van der Waals surface area contributed by atoms with Gasteiger partial charge in [-0.05, 0) is 44.0 Å². The van der Waals surface area contributed by atoms with Crippen molar-refractivity contribution in [1.82, 2.24) is 14.5 Å². The predicted molar refractivity (Wildman–Crippen MR) is 135 cm³/mol. The first-order valence-electron chi connectivity index (χ1n) is 12.0. The average Bonchev–Trinajstić information content (AvgIpc) is 2.86. The highest BCUT2D eigenvalue weighted by atomic mass is 16.5. The second-order valence-electron chi connectivity index (χ2n) is 9.05. The number of carbonyl (C=O) groups excluding carboxylic acids is 1. The fourth-order valence-corrected chi connectivity index (χ4v) is 5.10. The van der Waals surface area contributed by atoms with Gasteiger partial charge in [-0.3, -0.25) is 14.2 Å². The quantitative estimate of drug-likeness (QED) is 0.511. The molecule has 1 aromatic heterocycles. The minimum atomic E-state index is -0.378. The summed E-state index contributed by atoms with van der Waals surface area (Å²) in [6.07, 6.45) is 2.07. The Balaban J connectivity index is 1.50. The zero-order chi connectivity index (χ0) is 24.1. The van der Waals surface area contributed by atoms with Gasteiger partial charge in [0.15, 0.2) is 0 Å². The number of aryl methyl sites for hydroxylation is 1. The lowest BCUT2D eigenvalue weighted by Gasteiger charge is -2.48. The summed E-state index contributed by atoms with van der Waals surface area (Å²) in [5, 5.41) is 0.655. The maximum absolute atomic E-state index is 13.1. The summed E-state index contributed by atoms with van der Waals surface area (Å²) < 4.78 is 7.43. The van der Waals surface area contributed by atoms with Gasteiger partial charge < -0.3 is 14.5 Å². The molecule has 4 rings (SSSR count). The molecule has 3 aromatic rings. The van der Waals surface area contributed by atoms with Gasteiger partial charge in [-0.2, -0.15) is 0 Å². The van der Waals surface area contributed by atoms with E-state index in [0.717, 1.165) is 49.5 Å². The number of fused-ring (bicyclic) bond motifs is 1. The van der Waals surface area contributed by atoms with Gasteiger partial charge in [0.2, 0.25) is 5.91 Å². The Morgan fingerprint density at radius 1 is 1.06 bits per heavy atom. The molecule has 180 valence electrons. The molecule has 7 nitrogen and oxygen atoms in total. The minimum Gasteiger partial charge on any atom is -0.382 e. The second-order valence-corrected chi connectivity index (χ2v) is 9.05. The average molecular weight is 463 g/mol. The molecular formula is C27H34N4O3. The number of benzene rings is 2. The normalized spacial score (nSPS) is 16.0. The van der Waals surface area contributed by atoms with E-state index in [2.05, 4.69) is 9.88 Å². The Kier molecular flexibility index (Phi) is 7.44. The van der Waals surface area contributed by atoms with Crippen LogP contribution in [0.4, 0.5) is 5.69 Å². The molecule has 2 aromatic carbocycles. The molecule has 0 atom stereocenters. The van der Waals surface area contributed by atoms with E-state index < -0.39 is 0 Å². The van der Waals surface area contributed by atoms with Crippen LogP contribution in [0.25, 0.3) is 10.9 Å². The lowest BCUT2D eigenvalue weighted by atomic mass is 9.85. The summed E-state index contributed by atoms with van der Waals surface area (Å²) in [5.74, 6) is 0.847. The van der Waals surface area contributed by atoms with Gasteiger partial charge in [-0.1, -0.05) is 37.3 Å². The van der Waals surface area contributed by atoms with E-state index in [1.807, 2.05) is 73.3 Å². The van der Waals surface area contributed by atoms with E-state index in [1.165, 1.54) is 0 Å². The Morgan fingerprint density at radius 3 is 2.41 bits per heavy atom. The van der Waals surface area contributed by atoms with E-state index >= 15 is 0 Å². The summed E-state index contributed by atoms with van der Waals surface area (Å²) in [6, 6.07) is 17.4. The van der Waals surface area contributed by atoms with Gasteiger partial charge in [-0.15, -0.1) is 0 Å². The summed E-state index contributed by atoms with van der Waals surface area (Å²) >= 11 is 0. The predicted octanol–water partition coefficient (Wildman–Crippen LogP) is 3.63. The lowest BCUT2D eigenvalue weighted by molar-refractivity contribution is -0.120. The summed E-state index contributed by atoms with van der Waals surface area (Å²) in [7, 11) is 1.70. The van der Waals surface area contributed by atoms with Crippen molar-refractivity contribution >= 4 is 22.5 Å². The minimum absolute atomic E-state index is 0.0117. The van der Waals surface area contributed by atoms with Crippen molar-refractivity contribution in [2.24, 2.45) is 0 Å². The number of anilines is 1. The SMILES string of the molecule is CCC(=O)N(c1ccccc1)C1(COC)CCN(CCn2c(C)nc3ccccc3c2=O)CC1. The molecule has 0 saturated carbocycles. The smallest absolute Gasteiger partial charge is 0.261 e. The van der Waals surface area contributed by atoms with Crippen molar-refractivity contribution in [1.29, 1.82) is 0 Å². The molecule has 2 heterocycles. The standard InChI is InChI=1S/C27H34N4O3/c1-4-25(32)31(22-10-6-5-7-11-22)27(20-34-3)14-16-29(17-15-27)18-19-30-21(2)28-24-13-9-8-12-23(24)26(30)33/h5-13H,4,14-20H2,1-3H3. The van der Waals surface area contributed by atoms with Crippen molar-refractivity contribution in [3.8, 4) is 0 Å². The highest BCUT2D eigenvalue weighted by molar-refractivity contribution is 5.94. The summed E-state index contributed by atoms with van der Waals surface area (Å²) in [5.41, 5.74) is 1.30. The monoisotopic (exact) mass is 462 g/mol. The molecule has 0 aliphatic carbocycles. The van der Waals surface area contributed by atoms with Crippen LogP contribution in [0.1, 0.15) is 32.0 Å². The largest absolute Gasteiger partial charge is 0.382 e. The Morgan fingerprint density at radius 2 is 1.74 bits per heavy atom. The highest BCUT2D eigenvalue weighted by Crippen LogP contribution is 2.34. The third-order valence-electron chi connectivity index (χ3n) is 6.93. The van der Waals surface area contributed by atoms with Crippen molar-refractivity contribution in [3.05, 3.63) is 70.8 Å². The first kappa shape index (κ1) is 24.1. The zero-order valence-electron chi connectivity index (χ0n) is 20.4. The molecule has 34 heavy (non-hydrogen) atoms. The van der Waals surface area contributed by atoms with Crippen molar-refractivity contribution in [3.63, 3.8) is 0 Å². The van der Waals surface area contributed by atoms with Gasteiger partial charge in [0, 0.05) is 45.4 Å². The van der Waals surface area contributed by atoms with Gasteiger partial charge in [0.25, 0.3) is 5.56 Å². The highest BCUT2D eigenvalue weighted by Gasteiger charge is 2.42. The number of nitrogens with zero attached hydrogens (tertiary/aromatic N) is 4. The van der Waals surface area contributed by atoms with E-state index in [0.29, 0.717) is 25.0 Å². The Bertz CT molecular complexity index is 1180. The lowest BCUT2D eigenvalue weighted by Crippen LogP contribution is -2.60. The van der Waals surface area contributed by atoms with E-state index in [-0.39, 0.29) is 17.0 Å². The number of methoxy groups -OCH3 is 1. The molecule has 0 N–H and O–H groups in total. The molecule has 1 fully saturated rings. The van der Waals surface area contributed by atoms with E-state index in [4.69, 9.17) is 4.74 Å². The number of rotatable bonds is 8. The summed E-state index contributed by atoms with van der Waals surface area (Å²) in [6.45, 7) is 7.31. The third kappa shape index (κ3) is 4.76. The van der Waals surface area contributed by atoms with Crippen LogP contribution in [-0.2, 0) is 16.1 Å². The van der Waals surface area contributed by atoms with Gasteiger partial charge in [0.05, 0.1) is 23.0 Å². The number of ether oxygens (including phenoxy) is 1. The molecule has 1 aliphatic rings. The molecule has 0 radical (unpaired) electrons. The first-order valence-corrected chi connectivity index (χ1v) is 12.0. The van der Waals surface area contributed by atoms with Crippen LogP contribution in [0.5, 0.6) is 0 Å². The number of hydrogen-bond donors (Lipinski definition) is 0. The van der Waals surface area contributed by atoms with Crippen LogP contribution >= 0.6 is 0 Å². The molecular weight excluding hydrogens is 428 g/mol. The maximum atomic E-state index is 13.1. The molecule has 1 aliphatic heterocycles. The van der Waals surface area contributed by atoms with Crippen LogP contribution in [0.2, 0.25) is 0 Å². The number of aromatic nitrogens is 2. The third-order valence-corrected chi connectivity index (χ3v) is 6.93. The van der Waals surface area contributed by atoms with Crippen LogP contribution in [0, 0.1) is 6.92 Å². The van der Waals surface area contributed by atoms with Gasteiger partial charge >= 0.3 is 0 Å². The first-order chi connectivity index (χ1) is 16.5. The van der Waals surface area contributed by atoms with Crippen molar-refractivity contribution < 1.29 is 9.53 Å². The number of hydrogen-bond acceptors (Lipinski definition) is 5. The molecule has 0 bridgehead atoms. The number of carbonyl (C=O) groups is 1. The number of likely N-dealkylation sites (tertiary alicyclic amines) is 1. The molecule has 1 amide bonds. The fraction of sp³-hybridized carbons (Fsp3) is 0.444. The van der Waals surface area contributed by atoms with Gasteiger partial charge in [-0.25, -0.2) is 4.98 Å². The van der Waals surface area contributed by atoms with Gasteiger partial charge in [0.1, 0.15) is 5.82 Å². The maximum Gasteiger partial charge on any atom is 0.261 e. The van der Waals surface area contributed by atoms with E-state index in [9.17, 15) is 9.59 Å². The Hall–Kier alpha value is -3.03. The van der Waals surface area contributed by atoms with Crippen LogP contribution in [0.3, 0.4) is 0 Å². The molecule has 7 heteroatoms. The molecule has 1 saturated heterocycles. The fourth-order valence-electron chi connectivity index (χ4n) is 5.10. The van der Waals surface area contributed by atoms with Crippen LogP contribution in [0.15, 0.2) is 59.4 Å². The van der Waals surface area contributed by atoms with Crippen molar-refractivity contribution in [2.45, 2.75) is 45.2 Å². The molecule has 0 unspecified atom stereocenters. The van der Waals surface area contributed by atoms with E-state index in [1.54, 1.807) is 11.7 Å². The Labute approximate surface area is 201 Å². The number of amides is 1. The second kappa shape index (κ2) is 10.5.